The second-order valence-corrected chi connectivity index (χ2v) is 9.13. The van der Waals surface area contributed by atoms with Crippen LogP contribution in [0.1, 0.15) is 11.1 Å². The highest BCUT2D eigenvalue weighted by atomic mass is 32.2. The maximum absolute atomic E-state index is 12.6. The van der Waals surface area contributed by atoms with Crippen molar-refractivity contribution >= 4 is 32.3 Å². The monoisotopic (exact) mass is 404 g/mol. The molecule has 1 fully saturated rings. The lowest BCUT2D eigenvalue weighted by atomic mass is 10.2. The molecule has 0 bridgehead atoms. The minimum absolute atomic E-state index is 0.0103. The summed E-state index contributed by atoms with van der Waals surface area (Å²) in [6.07, 6.45) is 0. The average Bonchev–Trinajstić information content (AvgIpc) is 3.09. The zero-order valence-electron chi connectivity index (χ0n) is 14.7. The van der Waals surface area contributed by atoms with Gasteiger partial charge in [-0.3, -0.25) is 9.69 Å². The zero-order chi connectivity index (χ0) is 19.3. The molecule has 2 aromatic rings. The van der Waals surface area contributed by atoms with Crippen LogP contribution in [0.2, 0.25) is 0 Å². The fourth-order valence-electron chi connectivity index (χ4n) is 2.91. The van der Waals surface area contributed by atoms with E-state index in [9.17, 15) is 13.2 Å². The number of carbonyl (C=O) groups is 1. The van der Waals surface area contributed by atoms with Crippen LogP contribution in [0.25, 0.3) is 0 Å². The molecule has 9 heteroatoms. The average molecular weight is 405 g/mol. The van der Waals surface area contributed by atoms with Gasteiger partial charge in [-0.1, -0.05) is 30.3 Å². The first kappa shape index (κ1) is 19.5. The number of sulfonamides is 1. The smallest absolute Gasteiger partial charge is 0.239 e. The number of anilines is 1. The van der Waals surface area contributed by atoms with E-state index in [-0.39, 0.29) is 18.2 Å². The highest BCUT2D eigenvalue weighted by Gasteiger charge is 2.27. The number of carbonyl (C=O) groups excluding carboxylic acids is 1. The zero-order valence-corrected chi connectivity index (χ0v) is 16.3. The van der Waals surface area contributed by atoms with Gasteiger partial charge in [0.25, 0.3) is 0 Å². The predicted molar refractivity (Wildman–Crippen MR) is 105 cm³/mol. The molecular weight excluding hydrogens is 384 g/mol. The van der Waals surface area contributed by atoms with Crippen LogP contribution in [0, 0.1) is 11.3 Å². The summed E-state index contributed by atoms with van der Waals surface area (Å²) in [6, 6.07) is 12.8. The summed E-state index contributed by atoms with van der Waals surface area (Å²) in [7, 11) is -3.37. The van der Waals surface area contributed by atoms with E-state index in [4.69, 9.17) is 5.26 Å². The van der Waals surface area contributed by atoms with Gasteiger partial charge in [-0.15, -0.1) is 11.3 Å². The third-order valence-corrected chi connectivity index (χ3v) is 7.00. The second-order valence-electron chi connectivity index (χ2n) is 6.24. The molecule has 2 heterocycles. The van der Waals surface area contributed by atoms with Crippen molar-refractivity contribution < 1.29 is 13.2 Å². The van der Waals surface area contributed by atoms with Crippen LogP contribution in [-0.2, 0) is 20.6 Å². The van der Waals surface area contributed by atoms with Crippen molar-refractivity contribution in [2.75, 3.05) is 38.0 Å². The van der Waals surface area contributed by atoms with Gasteiger partial charge < -0.3 is 5.32 Å². The van der Waals surface area contributed by atoms with Gasteiger partial charge in [-0.25, -0.2) is 8.42 Å². The molecule has 0 spiro atoms. The summed E-state index contributed by atoms with van der Waals surface area (Å²) >= 11 is 1.31. The number of benzene rings is 1. The quantitative estimate of drug-likeness (QED) is 0.791. The molecule has 1 aromatic heterocycles. The number of rotatable bonds is 6. The lowest BCUT2D eigenvalue weighted by molar-refractivity contribution is -0.117. The van der Waals surface area contributed by atoms with Crippen molar-refractivity contribution in [2.45, 2.75) is 5.75 Å². The molecule has 27 heavy (non-hydrogen) atoms. The molecule has 0 aliphatic carbocycles. The van der Waals surface area contributed by atoms with Crippen molar-refractivity contribution in [2.24, 2.45) is 0 Å². The topological polar surface area (TPSA) is 93.5 Å². The van der Waals surface area contributed by atoms with E-state index in [1.54, 1.807) is 23.6 Å². The van der Waals surface area contributed by atoms with Gasteiger partial charge >= 0.3 is 0 Å². The highest BCUT2D eigenvalue weighted by Crippen LogP contribution is 2.22. The SMILES string of the molecule is N#Cc1ccsc1NC(=O)CN1CCN(S(=O)(=O)Cc2ccccc2)CC1. The van der Waals surface area contributed by atoms with Crippen LogP contribution in [0.3, 0.4) is 0 Å². The van der Waals surface area contributed by atoms with Crippen LogP contribution >= 0.6 is 11.3 Å². The van der Waals surface area contributed by atoms with E-state index in [1.165, 1.54) is 15.6 Å². The summed E-state index contributed by atoms with van der Waals surface area (Å²) in [4.78, 5) is 14.1. The third kappa shape index (κ3) is 5.14. The molecule has 1 aromatic carbocycles. The van der Waals surface area contributed by atoms with E-state index in [0.717, 1.165) is 5.56 Å². The van der Waals surface area contributed by atoms with Crippen molar-refractivity contribution in [1.29, 1.82) is 5.26 Å². The normalized spacial score (nSPS) is 16.0. The summed E-state index contributed by atoms with van der Waals surface area (Å²) in [5.41, 5.74) is 1.22. The first-order valence-corrected chi connectivity index (χ1v) is 11.0. The molecule has 1 aliphatic heterocycles. The number of amides is 1. The van der Waals surface area contributed by atoms with Crippen molar-refractivity contribution in [3.8, 4) is 6.07 Å². The maximum atomic E-state index is 12.6. The van der Waals surface area contributed by atoms with Crippen molar-refractivity contribution in [3.63, 3.8) is 0 Å². The molecule has 1 aliphatic rings. The number of piperazine rings is 1. The number of hydrogen-bond donors (Lipinski definition) is 1. The van der Waals surface area contributed by atoms with Gasteiger partial charge in [0, 0.05) is 26.2 Å². The summed E-state index contributed by atoms with van der Waals surface area (Å²) in [5.74, 6) is -0.210. The fourth-order valence-corrected chi connectivity index (χ4v) is 5.17. The third-order valence-electron chi connectivity index (χ3n) is 4.32. The molecule has 7 nitrogen and oxygen atoms in total. The van der Waals surface area contributed by atoms with E-state index in [2.05, 4.69) is 5.32 Å². The van der Waals surface area contributed by atoms with E-state index < -0.39 is 10.0 Å². The molecule has 0 saturated carbocycles. The molecule has 0 atom stereocenters. The Hall–Kier alpha value is -2.25. The van der Waals surface area contributed by atoms with Crippen LogP contribution in [0.15, 0.2) is 41.8 Å². The van der Waals surface area contributed by atoms with Crippen LogP contribution in [-0.4, -0.2) is 56.3 Å². The summed E-state index contributed by atoms with van der Waals surface area (Å²) in [5, 5.41) is 14.0. The first-order valence-electron chi connectivity index (χ1n) is 8.49. The van der Waals surface area contributed by atoms with Gasteiger partial charge in [0.2, 0.25) is 15.9 Å². The summed E-state index contributed by atoms with van der Waals surface area (Å²) in [6.45, 7) is 1.90. The molecule has 142 valence electrons. The van der Waals surface area contributed by atoms with Crippen LogP contribution < -0.4 is 5.32 Å². The lowest BCUT2D eigenvalue weighted by Gasteiger charge is -2.33. The number of hydrogen-bond acceptors (Lipinski definition) is 6. The van der Waals surface area contributed by atoms with Gasteiger partial charge in [-0.05, 0) is 17.0 Å². The largest absolute Gasteiger partial charge is 0.315 e. The number of nitriles is 1. The van der Waals surface area contributed by atoms with E-state index in [1.807, 2.05) is 29.2 Å². The van der Waals surface area contributed by atoms with E-state index >= 15 is 0 Å². The van der Waals surface area contributed by atoms with Gasteiger partial charge in [0.05, 0.1) is 17.9 Å². The molecule has 3 rings (SSSR count). The van der Waals surface area contributed by atoms with Gasteiger partial charge in [0.1, 0.15) is 11.1 Å². The van der Waals surface area contributed by atoms with Gasteiger partial charge in [-0.2, -0.15) is 9.57 Å². The Morgan fingerprint density at radius 2 is 1.85 bits per heavy atom. The second kappa shape index (κ2) is 8.63. The fraction of sp³-hybridized carbons (Fsp3) is 0.333. The van der Waals surface area contributed by atoms with Crippen LogP contribution in [0.4, 0.5) is 5.00 Å². The molecule has 1 saturated heterocycles. The summed E-state index contributed by atoms with van der Waals surface area (Å²) < 4.78 is 26.6. The highest BCUT2D eigenvalue weighted by molar-refractivity contribution is 7.88. The molecule has 0 unspecified atom stereocenters. The standard InChI is InChI=1S/C18H20N4O3S2/c19-12-16-6-11-26-18(16)20-17(23)13-21-7-9-22(10-8-21)27(24,25)14-15-4-2-1-3-5-15/h1-6,11H,7-10,13-14H2,(H,20,23). The Kier molecular flexibility index (Phi) is 6.23. The Balaban J connectivity index is 1.50. The Morgan fingerprint density at radius 3 is 2.52 bits per heavy atom. The lowest BCUT2D eigenvalue weighted by Crippen LogP contribution is -2.50. The van der Waals surface area contributed by atoms with Crippen molar-refractivity contribution in [3.05, 3.63) is 52.9 Å². The van der Waals surface area contributed by atoms with Crippen molar-refractivity contribution in [1.82, 2.24) is 9.21 Å². The minimum Gasteiger partial charge on any atom is -0.315 e. The van der Waals surface area contributed by atoms with E-state index in [0.29, 0.717) is 36.7 Å². The Bertz CT molecular complexity index is 927. The maximum Gasteiger partial charge on any atom is 0.239 e. The minimum atomic E-state index is -3.37. The number of nitrogens with zero attached hydrogens (tertiary/aromatic N) is 3. The molecule has 0 radical (unpaired) electrons. The van der Waals surface area contributed by atoms with Crippen LogP contribution in [0.5, 0.6) is 0 Å². The molecule has 1 amide bonds. The molecular formula is C18H20N4O3S2. The predicted octanol–water partition coefficient (Wildman–Crippen LogP) is 1.71. The number of nitrogens with one attached hydrogen (secondary N) is 1. The Labute approximate surface area is 162 Å². The molecule has 1 N–H and O–H groups in total. The van der Waals surface area contributed by atoms with Gasteiger partial charge in [0.15, 0.2) is 0 Å². The Morgan fingerprint density at radius 1 is 1.15 bits per heavy atom. The first-order chi connectivity index (χ1) is 13.0. The number of thiophene rings is 1.